The van der Waals surface area contributed by atoms with Crippen LogP contribution >= 0.6 is 0 Å². The van der Waals surface area contributed by atoms with Gasteiger partial charge in [0.25, 0.3) is 5.91 Å². The molecule has 0 aliphatic heterocycles. The van der Waals surface area contributed by atoms with Crippen LogP contribution in [-0.2, 0) is 5.41 Å². The van der Waals surface area contributed by atoms with E-state index >= 15 is 0 Å². The van der Waals surface area contributed by atoms with Gasteiger partial charge in [-0.15, -0.1) is 0 Å². The maximum Gasteiger partial charge on any atom is 0.277 e. The van der Waals surface area contributed by atoms with Crippen molar-refractivity contribution in [1.29, 1.82) is 0 Å². The first-order valence-electron chi connectivity index (χ1n) is 7.88. The molecule has 4 nitrogen and oxygen atoms in total. The highest BCUT2D eigenvalue weighted by molar-refractivity contribution is 6.03. The van der Waals surface area contributed by atoms with Gasteiger partial charge in [-0.2, -0.15) is 0 Å². The van der Waals surface area contributed by atoms with Gasteiger partial charge in [-0.3, -0.25) is 4.79 Å². The third-order valence-corrected chi connectivity index (χ3v) is 3.78. The quantitative estimate of drug-likeness (QED) is 0.747. The van der Waals surface area contributed by atoms with Gasteiger partial charge < -0.3 is 9.84 Å². The zero-order valence-electron chi connectivity index (χ0n) is 14.0. The van der Waals surface area contributed by atoms with Gasteiger partial charge in [0.1, 0.15) is 0 Å². The Kier molecular flexibility index (Phi) is 4.21. The van der Waals surface area contributed by atoms with E-state index in [9.17, 15) is 4.79 Å². The minimum atomic E-state index is -0.280. The number of rotatable bonds is 3. The molecule has 1 N–H and O–H groups in total. The van der Waals surface area contributed by atoms with Crippen molar-refractivity contribution in [2.75, 3.05) is 5.32 Å². The molecule has 4 heteroatoms. The number of aromatic nitrogens is 1. The van der Waals surface area contributed by atoms with E-state index in [1.165, 1.54) is 0 Å². The fourth-order valence-corrected chi connectivity index (χ4v) is 2.55. The van der Waals surface area contributed by atoms with Crippen molar-refractivity contribution in [1.82, 2.24) is 5.16 Å². The van der Waals surface area contributed by atoms with E-state index in [0.717, 1.165) is 16.8 Å². The Morgan fingerprint density at radius 1 is 1.00 bits per heavy atom. The zero-order chi connectivity index (χ0) is 17.2. The van der Waals surface area contributed by atoms with Crippen LogP contribution in [0.2, 0.25) is 0 Å². The molecule has 0 unspecified atom stereocenters. The van der Waals surface area contributed by atoms with E-state index in [2.05, 4.69) is 31.2 Å². The molecule has 0 atom stereocenters. The third-order valence-electron chi connectivity index (χ3n) is 3.78. The first kappa shape index (κ1) is 16.0. The van der Waals surface area contributed by atoms with Crippen molar-refractivity contribution in [2.24, 2.45) is 0 Å². The number of nitrogens with zero attached hydrogens (tertiary/aromatic N) is 1. The van der Waals surface area contributed by atoms with Gasteiger partial charge in [0, 0.05) is 17.3 Å². The fraction of sp³-hybridized carbons (Fsp3) is 0.200. The summed E-state index contributed by atoms with van der Waals surface area (Å²) in [6.45, 7) is 6.34. The van der Waals surface area contributed by atoms with Crippen LogP contribution in [0.3, 0.4) is 0 Å². The molecule has 0 aliphatic rings. The summed E-state index contributed by atoms with van der Waals surface area (Å²) in [5, 5.41) is 6.83. The van der Waals surface area contributed by atoms with Crippen molar-refractivity contribution < 1.29 is 9.32 Å². The van der Waals surface area contributed by atoms with Crippen molar-refractivity contribution in [3.8, 4) is 11.3 Å². The fourth-order valence-electron chi connectivity index (χ4n) is 2.55. The number of hydrogen-bond donors (Lipinski definition) is 1. The highest BCUT2D eigenvalue weighted by atomic mass is 16.5. The summed E-state index contributed by atoms with van der Waals surface area (Å²) in [6, 6.07) is 19.0. The Morgan fingerprint density at radius 3 is 2.38 bits per heavy atom. The summed E-state index contributed by atoms with van der Waals surface area (Å²) in [4.78, 5) is 12.5. The predicted octanol–water partition coefficient (Wildman–Crippen LogP) is 4.89. The molecule has 1 aromatic heterocycles. The number of hydrogen-bond acceptors (Lipinski definition) is 3. The van der Waals surface area contributed by atoms with E-state index < -0.39 is 0 Å². The van der Waals surface area contributed by atoms with E-state index in [4.69, 9.17) is 4.52 Å². The zero-order valence-corrected chi connectivity index (χ0v) is 14.0. The van der Waals surface area contributed by atoms with Crippen LogP contribution in [0.15, 0.2) is 65.2 Å². The molecule has 0 fully saturated rings. The van der Waals surface area contributed by atoms with Crippen molar-refractivity contribution >= 4 is 11.6 Å². The molecule has 0 saturated heterocycles. The highest BCUT2D eigenvalue weighted by Gasteiger charge is 2.20. The van der Waals surface area contributed by atoms with Crippen LogP contribution in [0.5, 0.6) is 0 Å². The van der Waals surface area contributed by atoms with Crippen molar-refractivity contribution in [2.45, 2.75) is 26.2 Å². The monoisotopic (exact) mass is 320 g/mol. The van der Waals surface area contributed by atoms with Gasteiger partial charge in [0.2, 0.25) is 0 Å². The highest BCUT2D eigenvalue weighted by Crippen LogP contribution is 2.29. The molecule has 0 radical (unpaired) electrons. The molecule has 3 aromatic rings. The van der Waals surface area contributed by atoms with E-state index in [-0.39, 0.29) is 17.0 Å². The van der Waals surface area contributed by atoms with Crippen LogP contribution in [0.1, 0.15) is 36.8 Å². The van der Waals surface area contributed by atoms with Crippen LogP contribution < -0.4 is 5.32 Å². The van der Waals surface area contributed by atoms with Crippen LogP contribution in [0, 0.1) is 0 Å². The minimum absolute atomic E-state index is 0.0666. The Bertz CT molecular complexity index is 845. The smallest absolute Gasteiger partial charge is 0.277 e. The van der Waals surface area contributed by atoms with Gasteiger partial charge in [-0.05, 0) is 17.0 Å². The Hall–Kier alpha value is -2.88. The maximum absolute atomic E-state index is 12.5. The summed E-state index contributed by atoms with van der Waals surface area (Å²) in [5.41, 5.74) is 2.95. The number of para-hydroxylation sites is 1. The second kappa shape index (κ2) is 6.32. The second-order valence-corrected chi connectivity index (χ2v) is 6.69. The summed E-state index contributed by atoms with van der Waals surface area (Å²) in [6.07, 6.45) is 0. The summed E-state index contributed by atoms with van der Waals surface area (Å²) in [7, 11) is 0. The standard InChI is InChI=1S/C20H20N2O2/c1-20(2,3)15-11-7-8-12-16(15)21-19(23)17-13-18(24-22-17)14-9-5-4-6-10-14/h4-13H,1-3H3,(H,21,23). The molecule has 0 aliphatic carbocycles. The maximum atomic E-state index is 12.5. The van der Waals surface area contributed by atoms with Gasteiger partial charge in [0.05, 0.1) is 0 Å². The lowest BCUT2D eigenvalue weighted by Crippen LogP contribution is -2.18. The Labute approximate surface area is 141 Å². The lowest BCUT2D eigenvalue weighted by atomic mass is 9.86. The number of nitrogens with one attached hydrogen (secondary N) is 1. The number of carbonyl (C=O) groups excluding carboxylic acids is 1. The predicted molar refractivity (Wildman–Crippen MR) is 95.0 cm³/mol. The van der Waals surface area contributed by atoms with Gasteiger partial charge in [-0.25, -0.2) is 0 Å². The minimum Gasteiger partial charge on any atom is -0.355 e. The molecular weight excluding hydrogens is 300 g/mol. The van der Waals surface area contributed by atoms with Gasteiger partial charge >= 0.3 is 0 Å². The van der Waals surface area contributed by atoms with E-state index in [1.54, 1.807) is 6.07 Å². The van der Waals surface area contributed by atoms with Crippen LogP contribution in [0.4, 0.5) is 5.69 Å². The SMILES string of the molecule is CC(C)(C)c1ccccc1NC(=O)c1cc(-c2ccccc2)on1. The summed E-state index contributed by atoms with van der Waals surface area (Å²) in [5.74, 6) is 0.294. The normalized spacial score (nSPS) is 11.3. The first-order valence-corrected chi connectivity index (χ1v) is 7.88. The first-order chi connectivity index (χ1) is 11.4. The number of anilines is 1. The molecule has 0 saturated carbocycles. The van der Waals surface area contributed by atoms with E-state index in [0.29, 0.717) is 5.76 Å². The average Bonchev–Trinajstić information content (AvgIpc) is 3.05. The third kappa shape index (κ3) is 3.38. The number of carbonyl (C=O) groups is 1. The Morgan fingerprint density at radius 2 is 1.67 bits per heavy atom. The average molecular weight is 320 g/mol. The van der Waals surface area contributed by atoms with Gasteiger partial charge in [0.15, 0.2) is 11.5 Å². The van der Waals surface area contributed by atoms with E-state index in [1.807, 2.05) is 54.6 Å². The molecule has 0 spiro atoms. The molecule has 24 heavy (non-hydrogen) atoms. The molecule has 3 rings (SSSR count). The molecule has 0 bridgehead atoms. The number of amides is 1. The Balaban J connectivity index is 1.83. The van der Waals surface area contributed by atoms with Crippen molar-refractivity contribution in [3.63, 3.8) is 0 Å². The second-order valence-electron chi connectivity index (χ2n) is 6.69. The number of benzene rings is 2. The topological polar surface area (TPSA) is 55.1 Å². The molecule has 122 valence electrons. The lowest BCUT2D eigenvalue weighted by Gasteiger charge is -2.22. The molecule has 1 amide bonds. The largest absolute Gasteiger partial charge is 0.355 e. The summed E-state index contributed by atoms with van der Waals surface area (Å²) >= 11 is 0. The lowest BCUT2D eigenvalue weighted by molar-refractivity contribution is 0.101. The van der Waals surface area contributed by atoms with Gasteiger partial charge in [-0.1, -0.05) is 74.5 Å². The molecule has 1 heterocycles. The molecule has 2 aromatic carbocycles. The molecular formula is C20H20N2O2. The van der Waals surface area contributed by atoms with Crippen molar-refractivity contribution in [3.05, 3.63) is 71.9 Å². The van der Waals surface area contributed by atoms with Crippen LogP contribution in [-0.4, -0.2) is 11.1 Å². The van der Waals surface area contributed by atoms with Crippen LogP contribution in [0.25, 0.3) is 11.3 Å². The summed E-state index contributed by atoms with van der Waals surface area (Å²) < 4.78 is 5.30.